The van der Waals surface area contributed by atoms with Crippen LogP contribution >= 0.6 is 0 Å². The lowest BCUT2D eigenvalue weighted by atomic mass is 9.90. The van der Waals surface area contributed by atoms with Crippen LogP contribution in [0.15, 0.2) is 18.3 Å². The first-order valence-corrected chi connectivity index (χ1v) is 4.37. The largest absolute Gasteiger partial charge is 0.383 e. The molecule has 0 saturated carbocycles. The van der Waals surface area contributed by atoms with Gasteiger partial charge in [0.1, 0.15) is 5.82 Å². The van der Waals surface area contributed by atoms with Crippen LogP contribution in [0.5, 0.6) is 0 Å². The van der Waals surface area contributed by atoms with Crippen molar-refractivity contribution >= 4 is 12.0 Å². The van der Waals surface area contributed by atoms with E-state index in [-0.39, 0.29) is 5.92 Å². The molecular weight excluding hydrogens is 162 g/mol. The molecule has 1 rings (SSSR count). The van der Waals surface area contributed by atoms with Crippen molar-refractivity contribution < 1.29 is 0 Å². The van der Waals surface area contributed by atoms with E-state index in [9.17, 15) is 0 Å². The molecule has 13 heavy (non-hydrogen) atoms. The number of nitrogens with one attached hydrogen (secondary N) is 1. The number of hydrogen-bond donors (Lipinski definition) is 2. The summed E-state index contributed by atoms with van der Waals surface area (Å²) >= 11 is 0. The molecule has 3 nitrogen and oxygen atoms in total. The van der Waals surface area contributed by atoms with Gasteiger partial charge in [-0.05, 0) is 12.0 Å². The molecule has 0 fully saturated rings. The van der Waals surface area contributed by atoms with Crippen molar-refractivity contribution in [1.82, 2.24) is 4.98 Å². The minimum atomic E-state index is 0.0775. The lowest BCUT2D eigenvalue weighted by Crippen LogP contribution is -2.10. The van der Waals surface area contributed by atoms with Gasteiger partial charge in [0, 0.05) is 23.9 Å². The predicted octanol–water partition coefficient (Wildman–Crippen LogP) is 2.05. The van der Waals surface area contributed by atoms with E-state index < -0.39 is 0 Å². The molecule has 1 atom stereocenters. The minimum absolute atomic E-state index is 0.0775. The van der Waals surface area contributed by atoms with Crippen molar-refractivity contribution in [1.29, 1.82) is 5.41 Å². The second-order valence-electron chi connectivity index (χ2n) is 3.41. The zero-order valence-electron chi connectivity index (χ0n) is 7.99. The van der Waals surface area contributed by atoms with Gasteiger partial charge < -0.3 is 11.1 Å². The van der Waals surface area contributed by atoms with Crippen LogP contribution in [0, 0.1) is 11.3 Å². The molecule has 0 spiro atoms. The topological polar surface area (TPSA) is 62.8 Å². The molecule has 1 heterocycles. The van der Waals surface area contributed by atoms with Gasteiger partial charge in [-0.25, -0.2) is 4.98 Å². The molecule has 1 aromatic heterocycles. The molecule has 3 heteroatoms. The van der Waals surface area contributed by atoms with Crippen LogP contribution in [-0.4, -0.2) is 11.2 Å². The molecule has 0 aromatic carbocycles. The van der Waals surface area contributed by atoms with Crippen molar-refractivity contribution in [3.05, 3.63) is 23.9 Å². The summed E-state index contributed by atoms with van der Waals surface area (Å²) in [4.78, 5) is 4.00. The summed E-state index contributed by atoms with van der Waals surface area (Å²) in [7, 11) is 0. The van der Waals surface area contributed by atoms with Crippen LogP contribution < -0.4 is 5.73 Å². The maximum atomic E-state index is 7.32. The molecule has 3 N–H and O–H groups in total. The van der Waals surface area contributed by atoms with Gasteiger partial charge in [0.2, 0.25) is 0 Å². The lowest BCUT2D eigenvalue weighted by molar-refractivity contribution is 0.609. The third kappa shape index (κ3) is 2.05. The standard InChI is InChI=1S/C10H15N3/c1-7(2)9(6-11)8-4-3-5-13-10(8)12/h3-7,9,11H,1-2H3,(H2,12,13). The second kappa shape index (κ2) is 4.03. The van der Waals surface area contributed by atoms with Gasteiger partial charge in [-0.3, -0.25) is 0 Å². The molecule has 0 radical (unpaired) electrons. The highest BCUT2D eigenvalue weighted by atomic mass is 14.8. The van der Waals surface area contributed by atoms with E-state index >= 15 is 0 Å². The van der Waals surface area contributed by atoms with Crippen molar-refractivity contribution in [2.75, 3.05) is 5.73 Å². The molecule has 1 aromatic rings. The molecule has 0 bridgehead atoms. The van der Waals surface area contributed by atoms with Gasteiger partial charge >= 0.3 is 0 Å². The third-order valence-corrected chi connectivity index (χ3v) is 2.13. The van der Waals surface area contributed by atoms with Crippen LogP contribution in [0.4, 0.5) is 5.82 Å². The summed E-state index contributed by atoms with van der Waals surface area (Å²) in [6.07, 6.45) is 3.10. The molecule has 0 saturated heterocycles. The van der Waals surface area contributed by atoms with E-state index in [0.29, 0.717) is 11.7 Å². The highest BCUT2D eigenvalue weighted by Crippen LogP contribution is 2.25. The van der Waals surface area contributed by atoms with E-state index in [1.807, 2.05) is 12.1 Å². The lowest BCUT2D eigenvalue weighted by Gasteiger charge is -2.16. The van der Waals surface area contributed by atoms with E-state index in [4.69, 9.17) is 11.1 Å². The summed E-state index contributed by atoms with van der Waals surface area (Å²) in [6, 6.07) is 3.78. The Hall–Kier alpha value is -1.38. The molecule has 0 amide bonds. The normalized spacial score (nSPS) is 12.8. The number of pyridine rings is 1. The SMILES string of the molecule is CC(C)C(C=N)c1cccnc1N. The molecule has 0 aliphatic rings. The maximum absolute atomic E-state index is 7.32. The van der Waals surface area contributed by atoms with E-state index in [0.717, 1.165) is 5.56 Å². The number of aromatic nitrogens is 1. The van der Waals surface area contributed by atoms with Crippen LogP contribution in [0.1, 0.15) is 25.3 Å². The number of nitrogen functional groups attached to an aromatic ring is 1. The van der Waals surface area contributed by atoms with Crippen molar-refractivity contribution in [3.63, 3.8) is 0 Å². The fourth-order valence-electron chi connectivity index (χ4n) is 1.35. The highest BCUT2D eigenvalue weighted by Gasteiger charge is 2.15. The number of anilines is 1. The van der Waals surface area contributed by atoms with Crippen molar-refractivity contribution in [2.45, 2.75) is 19.8 Å². The Morgan fingerprint density at radius 3 is 2.69 bits per heavy atom. The Morgan fingerprint density at radius 1 is 1.54 bits per heavy atom. The van der Waals surface area contributed by atoms with Crippen molar-refractivity contribution in [2.24, 2.45) is 5.92 Å². The first-order valence-electron chi connectivity index (χ1n) is 4.37. The van der Waals surface area contributed by atoms with Crippen LogP contribution in [0.3, 0.4) is 0 Å². The zero-order chi connectivity index (χ0) is 9.84. The number of rotatable bonds is 3. The molecule has 0 aliphatic heterocycles. The molecule has 70 valence electrons. The summed E-state index contributed by atoms with van der Waals surface area (Å²) in [5.41, 5.74) is 6.67. The monoisotopic (exact) mass is 177 g/mol. The van der Waals surface area contributed by atoms with Gasteiger partial charge in [-0.1, -0.05) is 19.9 Å². The van der Waals surface area contributed by atoms with Gasteiger partial charge in [-0.2, -0.15) is 0 Å². The van der Waals surface area contributed by atoms with Gasteiger partial charge in [0.05, 0.1) is 0 Å². The quantitative estimate of drug-likeness (QED) is 0.694. The van der Waals surface area contributed by atoms with Crippen LogP contribution in [0.25, 0.3) is 0 Å². The average Bonchev–Trinajstić information content (AvgIpc) is 2.09. The predicted molar refractivity (Wildman–Crippen MR) is 55.0 cm³/mol. The van der Waals surface area contributed by atoms with Gasteiger partial charge in [-0.15, -0.1) is 0 Å². The number of hydrogen-bond acceptors (Lipinski definition) is 3. The Kier molecular flexibility index (Phi) is 3.01. The van der Waals surface area contributed by atoms with E-state index in [1.54, 1.807) is 6.20 Å². The first-order chi connectivity index (χ1) is 6.16. The van der Waals surface area contributed by atoms with Crippen LogP contribution in [0.2, 0.25) is 0 Å². The summed E-state index contributed by atoms with van der Waals surface area (Å²) in [5.74, 6) is 0.988. The zero-order valence-corrected chi connectivity index (χ0v) is 7.99. The summed E-state index contributed by atoms with van der Waals surface area (Å²) in [5, 5.41) is 7.32. The molecular formula is C10H15N3. The fourth-order valence-corrected chi connectivity index (χ4v) is 1.35. The third-order valence-electron chi connectivity index (χ3n) is 2.13. The average molecular weight is 177 g/mol. The van der Waals surface area contributed by atoms with Crippen molar-refractivity contribution in [3.8, 4) is 0 Å². The van der Waals surface area contributed by atoms with Gasteiger partial charge in [0.25, 0.3) is 0 Å². The minimum Gasteiger partial charge on any atom is -0.383 e. The second-order valence-corrected chi connectivity index (χ2v) is 3.41. The maximum Gasteiger partial charge on any atom is 0.127 e. The summed E-state index contributed by atoms with van der Waals surface area (Å²) in [6.45, 7) is 4.14. The highest BCUT2D eigenvalue weighted by molar-refractivity contribution is 5.68. The summed E-state index contributed by atoms with van der Waals surface area (Å²) < 4.78 is 0. The number of nitrogens with zero attached hydrogens (tertiary/aromatic N) is 1. The Bertz CT molecular complexity index is 294. The molecule has 0 aliphatic carbocycles. The van der Waals surface area contributed by atoms with E-state index in [2.05, 4.69) is 18.8 Å². The van der Waals surface area contributed by atoms with Crippen LogP contribution in [-0.2, 0) is 0 Å². The fraction of sp³-hybridized carbons (Fsp3) is 0.400. The van der Waals surface area contributed by atoms with E-state index in [1.165, 1.54) is 6.21 Å². The van der Waals surface area contributed by atoms with Gasteiger partial charge in [0.15, 0.2) is 0 Å². The smallest absolute Gasteiger partial charge is 0.127 e. The first kappa shape index (κ1) is 9.71. The Balaban J connectivity index is 3.04. The Morgan fingerprint density at radius 2 is 2.23 bits per heavy atom. The number of nitrogens with two attached hydrogens (primary N) is 1. The Labute approximate surface area is 78.5 Å². The molecule has 1 unspecified atom stereocenters.